The average Bonchev–Trinajstić information content (AvgIpc) is 2.76. The zero-order chi connectivity index (χ0) is 20.6. The van der Waals surface area contributed by atoms with Crippen molar-refractivity contribution in [1.82, 2.24) is 20.5 Å². The van der Waals surface area contributed by atoms with Crippen molar-refractivity contribution in [2.24, 2.45) is 4.99 Å². The summed E-state index contributed by atoms with van der Waals surface area (Å²) in [6, 6.07) is 9.33. The van der Waals surface area contributed by atoms with Crippen LogP contribution in [0.1, 0.15) is 23.6 Å². The van der Waals surface area contributed by atoms with Gasteiger partial charge in [0.15, 0.2) is 5.96 Å². The van der Waals surface area contributed by atoms with Crippen LogP contribution in [0.15, 0.2) is 41.5 Å². The van der Waals surface area contributed by atoms with E-state index in [4.69, 9.17) is 0 Å². The molecule has 0 unspecified atom stereocenters. The maximum atomic E-state index is 13.4. The van der Waals surface area contributed by atoms with Crippen LogP contribution in [0.4, 0.5) is 10.2 Å². The van der Waals surface area contributed by atoms with E-state index in [1.807, 2.05) is 12.3 Å². The standard InChI is InChI=1S/C22H31FN6.HI/c1-4-28-9-11-29(12-10-28)21-8-6-19(15-25-21)16-27-22(24-3)26-14-18-5-7-20(23)17(2)13-18;/h5-8,13,15H,4,9-12,14,16H2,1-3H3,(H2,24,26,27);1H. The minimum Gasteiger partial charge on any atom is -0.354 e. The Balaban J connectivity index is 0.00000320. The highest BCUT2D eigenvalue weighted by molar-refractivity contribution is 14.0. The quantitative estimate of drug-likeness (QED) is 0.344. The molecule has 0 amide bonds. The first-order chi connectivity index (χ1) is 14.1. The van der Waals surface area contributed by atoms with Gasteiger partial charge in [0, 0.05) is 52.5 Å². The molecule has 2 N–H and O–H groups in total. The lowest BCUT2D eigenvalue weighted by atomic mass is 10.1. The Morgan fingerprint density at radius 2 is 1.73 bits per heavy atom. The Morgan fingerprint density at radius 1 is 1.07 bits per heavy atom. The van der Waals surface area contributed by atoms with E-state index >= 15 is 0 Å². The number of likely N-dealkylation sites (N-methyl/N-ethyl adjacent to an activating group) is 1. The Bertz CT molecular complexity index is 819. The molecule has 1 aromatic carbocycles. The third-order valence-electron chi connectivity index (χ3n) is 5.32. The van der Waals surface area contributed by atoms with Crippen LogP contribution in [-0.2, 0) is 13.1 Å². The molecule has 1 fully saturated rings. The number of anilines is 1. The lowest BCUT2D eigenvalue weighted by molar-refractivity contribution is 0.270. The molecule has 0 spiro atoms. The number of aryl methyl sites for hydroxylation is 1. The van der Waals surface area contributed by atoms with Crippen molar-refractivity contribution in [3.8, 4) is 0 Å². The lowest BCUT2D eigenvalue weighted by Gasteiger charge is -2.34. The van der Waals surface area contributed by atoms with Crippen molar-refractivity contribution < 1.29 is 4.39 Å². The first-order valence-electron chi connectivity index (χ1n) is 10.2. The Labute approximate surface area is 196 Å². The van der Waals surface area contributed by atoms with Crippen LogP contribution in [0.5, 0.6) is 0 Å². The van der Waals surface area contributed by atoms with Gasteiger partial charge in [0.2, 0.25) is 0 Å². The molecule has 0 atom stereocenters. The van der Waals surface area contributed by atoms with Gasteiger partial charge < -0.3 is 20.4 Å². The summed E-state index contributed by atoms with van der Waals surface area (Å²) in [6.45, 7) is 10.6. The summed E-state index contributed by atoms with van der Waals surface area (Å²) >= 11 is 0. The van der Waals surface area contributed by atoms with E-state index in [1.165, 1.54) is 6.07 Å². The molecule has 164 valence electrons. The van der Waals surface area contributed by atoms with E-state index in [2.05, 4.69) is 49.5 Å². The molecule has 0 radical (unpaired) electrons. The first-order valence-corrected chi connectivity index (χ1v) is 10.2. The Hall–Kier alpha value is -1.94. The number of pyridine rings is 1. The van der Waals surface area contributed by atoms with Crippen molar-refractivity contribution in [1.29, 1.82) is 0 Å². The maximum absolute atomic E-state index is 13.4. The number of hydrogen-bond donors (Lipinski definition) is 2. The molecule has 1 aliphatic rings. The minimum absolute atomic E-state index is 0. The van der Waals surface area contributed by atoms with Gasteiger partial charge in [0.05, 0.1) is 0 Å². The highest BCUT2D eigenvalue weighted by Crippen LogP contribution is 2.14. The molecule has 1 aliphatic heterocycles. The van der Waals surface area contributed by atoms with Crippen molar-refractivity contribution in [3.05, 3.63) is 59.0 Å². The van der Waals surface area contributed by atoms with Gasteiger partial charge in [-0.1, -0.05) is 25.1 Å². The van der Waals surface area contributed by atoms with E-state index in [0.717, 1.165) is 49.7 Å². The molecule has 0 aliphatic carbocycles. The molecular weight excluding hydrogens is 494 g/mol. The predicted octanol–water partition coefficient (Wildman–Crippen LogP) is 3.15. The van der Waals surface area contributed by atoms with Gasteiger partial charge in [-0.3, -0.25) is 4.99 Å². The van der Waals surface area contributed by atoms with Crippen LogP contribution >= 0.6 is 24.0 Å². The molecule has 2 heterocycles. The van der Waals surface area contributed by atoms with E-state index < -0.39 is 0 Å². The third-order valence-corrected chi connectivity index (χ3v) is 5.32. The third kappa shape index (κ3) is 6.80. The zero-order valence-electron chi connectivity index (χ0n) is 18.0. The summed E-state index contributed by atoms with van der Waals surface area (Å²) in [5.74, 6) is 1.56. The van der Waals surface area contributed by atoms with Crippen molar-refractivity contribution in [3.63, 3.8) is 0 Å². The summed E-state index contributed by atoms with van der Waals surface area (Å²) in [6.07, 6.45) is 1.92. The number of piperazine rings is 1. The highest BCUT2D eigenvalue weighted by Gasteiger charge is 2.16. The minimum atomic E-state index is -0.181. The Kier molecular flexibility index (Phi) is 9.77. The highest BCUT2D eigenvalue weighted by atomic mass is 127. The van der Waals surface area contributed by atoms with Gasteiger partial charge in [-0.25, -0.2) is 9.37 Å². The summed E-state index contributed by atoms with van der Waals surface area (Å²) < 4.78 is 13.4. The van der Waals surface area contributed by atoms with Gasteiger partial charge in [0.25, 0.3) is 0 Å². The number of aliphatic imine (C=N–C) groups is 1. The number of nitrogens with one attached hydrogen (secondary N) is 2. The van der Waals surface area contributed by atoms with E-state index in [-0.39, 0.29) is 29.8 Å². The first kappa shape index (κ1) is 24.3. The van der Waals surface area contributed by atoms with E-state index in [1.54, 1.807) is 20.0 Å². The molecule has 8 heteroatoms. The largest absolute Gasteiger partial charge is 0.354 e. The number of halogens is 2. The van der Waals surface area contributed by atoms with E-state index in [9.17, 15) is 4.39 Å². The average molecular weight is 526 g/mol. The number of guanidine groups is 1. The molecule has 0 saturated carbocycles. The summed E-state index contributed by atoms with van der Waals surface area (Å²) in [7, 11) is 1.74. The molecular formula is C22H32FIN6. The lowest BCUT2D eigenvalue weighted by Crippen LogP contribution is -2.46. The summed E-state index contributed by atoms with van der Waals surface area (Å²) in [4.78, 5) is 13.7. The van der Waals surface area contributed by atoms with Crippen LogP contribution in [0.25, 0.3) is 0 Å². The van der Waals surface area contributed by atoms with Crippen LogP contribution in [0.2, 0.25) is 0 Å². The second kappa shape index (κ2) is 12.0. The fraction of sp³-hybridized carbons (Fsp3) is 0.455. The van der Waals surface area contributed by atoms with Crippen LogP contribution in [-0.4, -0.2) is 55.6 Å². The number of aromatic nitrogens is 1. The summed E-state index contributed by atoms with van der Waals surface area (Å²) in [5.41, 5.74) is 2.76. The topological polar surface area (TPSA) is 55.8 Å². The molecule has 30 heavy (non-hydrogen) atoms. The second-order valence-corrected chi connectivity index (χ2v) is 7.31. The van der Waals surface area contributed by atoms with Crippen molar-refractivity contribution >= 4 is 35.8 Å². The number of benzene rings is 1. The van der Waals surface area contributed by atoms with Gasteiger partial charge in [-0.2, -0.15) is 0 Å². The van der Waals surface area contributed by atoms with Crippen molar-refractivity contribution in [2.45, 2.75) is 26.9 Å². The van der Waals surface area contributed by atoms with Crippen molar-refractivity contribution in [2.75, 3.05) is 44.7 Å². The van der Waals surface area contributed by atoms with Gasteiger partial charge in [0.1, 0.15) is 11.6 Å². The number of nitrogens with zero attached hydrogens (tertiary/aromatic N) is 4. The smallest absolute Gasteiger partial charge is 0.191 e. The molecule has 1 aromatic heterocycles. The van der Waals surface area contributed by atoms with Gasteiger partial charge in [-0.15, -0.1) is 24.0 Å². The monoisotopic (exact) mass is 526 g/mol. The molecule has 3 rings (SSSR count). The molecule has 1 saturated heterocycles. The Morgan fingerprint density at radius 3 is 2.30 bits per heavy atom. The second-order valence-electron chi connectivity index (χ2n) is 7.31. The normalized spacial score (nSPS) is 14.9. The summed E-state index contributed by atoms with van der Waals surface area (Å²) in [5, 5.41) is 6.56. The van der Waals surface area contributed by atoms with Crippen LogP contribution in [0.3, 0.4) is 0 Å². The fourth-order valence-electron chi connectivity index (χ4n) is 3.41. The fourth-order valence-corrected chi connectivity index (χ4v) is 3.41. The molecule has 2 aromatic rings. The molecule has 6 nitrogen and oxygen atoms in total. The number of rotatable bonds is 6. The number of hydrogen-bond acceptors (Lipinski definition) is 4. The SMILES string of the molecule is CCN1CCN(c2ccc(CNC(=NC)NCc3ccc(F)c(C)c3)cn2)CC1.I. The van der Waals surface area contributed by atoms with Gasteiger partial charge in [-0.05, 0) is 42.3 Å². The molecule has 0 bridgehead atoms. The maximum Gasteiger partial charge on any atom is 0.191 e. The van der Waals surface area contributed by atoms with Crippen LogP contribution < -0.4 is 15.5 Å². The zero-order valence-corrected chi connectivity index (χ0v) is 20.3. The van der Waals surface area contributed by atoms with E-state index in [0.29, 0.717) is 24.6 Å². The van der Waals surface area contributed by atoms with Crippen LogP contribution in [0, 0.1) is 12.7 Å². The van der Waals surface area contributed by atoms with Gasteiger partial charge >= 0.3 is 0 Å². The predicted molar refractivity (Wildman–Crippen MR) is 132 cm³/mol.